The third kappa shape index (κ3) is 3.75. The van der Waals surface area contributed by atoms with Crippen LogP contribution in [0.15, 0.2) is 42.5 Å². The van der Waals surface area contributed by atoms with Crippen molar-refractivity contribution in [2.45, 2.75) is 57.2 Å². The van der Waals surface area contributed by atoms with Gasteiger partial charge in [-0.05, 0) is 61.1 Å². The first-order chi connectivity index (χ1) is 15.3. The number of carboxylic acid groups (broad SMARTS) is 1. The van der Waals surface area contributed by atoms with Crippen LogP contribution in [-0.4, -0.2) is 15.6 Å². The Bertz CT molecular complexity index is 1200. The van der Waals surface area contributed by atoms with Gasteiger partial charge in [0.25, 0.3) is 0 Å². The SMILES string of the molecule is CCC(c1ccc(C(F)(F)F)cc1)n1c2c(c3c(C#N)cccc31)CCCC2CC(=O)O. The van der Waals surface area contributed by atoms with Crippen LogP contribution in [0.5, 0.6) is 0 Å². The molecule has 0 radical (unpaired) electrons. The van der Waals surface area contributed by atoms with Gasteiger partial charge in [-0.1, -0.05) is 25.1 Å². The molecule has 2 atom stereocenters. The third-order valence-corrected chi connectivity index (χ3v) is 6.40. The fourth-order valence-corrected chi connectivity index (χ4v) is 5.12. The molecule has 1 heterocycles. The van der Waals surface area contributed by atoms with Crippen LogP contribution in [0.3, 0.4) is 0 Å². The zero-order valence-electron chi connectivity index (χ0n) is 17.6. The zero-order chi connectivity index (χ0) is 23.0. The maximum absolute atomic E-state index is 13.1. The Morgan fingerprint density at radius 1 is 1.25 bits per heavy atom. The largest absolute Gasteiger partial charge is 0.481 e. The van der Waals surface area contributed by atoms with Gasteiger partial charge in [0.2, 0.25) is 0 Å². The maximum Gasteiger partial charge on any atom is 0.416 e. The van der Waals surface area contributed by atoms with E-state index >= 15 is 0 Å². The lowest BCUT2D eigenvalue weighted by atomic mass is 9.84. The first-order valence-corrected chi connectivity index (χ1v) is 10.7. The summed E-state index contributed by atoms with van der Waals surface area (Å²) in [5, 5.41) is 20.1. The minimum atomic E-state index is -4.41. The van der Waals surface area contributed by atoms with E-state index in [0.29, 0.717) is 12.0 Å². The number of fused-ring (bicyclic) bond motifs is 3. The quantitative estimate of drug-likeness (QED) is 0.497. The molecule has 7 heteroatoms. The predicted octanol–water partition coefficient (Wildman–Crippen LogP) is 6.43. The highest BCUT2D eigenvalue weighted by molar-refractivity contribution is 5.91. The van der Waals surface area contributed by atoms with E-state index in [0.717, 1.165) is 59.1 Å². The van der Waals surface area contributed by atoms with Crippen molar-refractivity contribution in [1.29, 1.82) is 5.26 Å². The standard InChI is InChI=1S/C25H23F3N2O2/c1-2-20(15-9-11-18(12-10-15)25(26,27)28)30-21-8-4-6-17(14-29)23(21)19-7-3-5-16(24(19)30)13-22(31)32/h4,6,8-12,16,20H,2-3,5,7,13H2,1H3,(H,31,32). The lowest BCUT2D eigenvalue weighted by Gasteiger charge is -2.29. The number of aliphatic carboxylic acids is 1. The number of nitriles is 1. The smallest absolute Gasteiger partial charge is 0.416 e. The minimum Gasteiger partial charge on any atom is -0.481 e. The summed E-state index contributed by atoms with van der Waals surface area (Å²) in [5.41, 5.74) is 3.30. The summed E-state index contributed by atoms with van der Waals surface area (Å²) >= 11 is 0. The second-order valence-corrected chi connectivity index (χ2v) is 8.28. The molecule has 166 valence electrons. The first-order valence-electron chi connectivity index (χ1n) is 10.7. The van der Waals surface area contributed by atoms with Crippen LogP contribution >= 0.6 is 0 Å². The number of nitrogens with zero attached hydrogens (tertiary/aromatic N) is 2. The highest BCUT2D eigenvalue weighted by Gasteiger charge is 2.34. The number of hydrogen-bond donors (Lipinski definition) is 1. The molecule has 2 aromatic carbocycles. The molecule has 0 fully saturated rings. The fourth-order valence-electron chi connectivity index (χ4n) is 5.12. The summed E-state index contributed by atoms with van der Waals surface area (Å²) in [7, 11) is 0. The number of alkyl halides is 3. The number of rotatable bonds is 5. The van der Waals surface area contributed by atoms with E-state index < -0.39 is 17.7 Å². The number of aryl methyl sites for hydroxylation is 1. The lowest BCUT2D eigenvalue weighted by molar-refractivity contribution is -0.138. The minimum absolute atomic E-state index is 0.0192. The van der Waals surface area contributed by atoms with Gasteiger partial charge in [0.15, 0.2) is 0 Å². The van der Waals surface area contributed by atoms with Crippen molar-refractivity contribution in [3.05, 3.63) is 70.4 Å². The van der Waals surface area contributed by atoms with Crippen molar-refractivity contribution in [3.8, 4) is 6.07 Å². The highest BCUT2D eigenvalue weighted by atomic mass is 19.4. The summed E-state index contributed by atoms with van der Waals surface area (Å²) in [5.74, 6) is -1.10. The van der Waals surface area contributed by atoms with Gasteiger partial charge in [-0.15, -0.1) is 0 Å². The van der Waals surface area contributed by atoms with Gasteiger partial charge >= 0.3 is 12.1 Å². The molecular formula is C25H23F3N2O2. The molecule has 1 aliphatic carbocycles. The summed E-state index contributed by atoms with van der Waals surface area (Å²) < 4.78 is 41.3. The molecule has 0 saturated heterocycles. The highest BCUT2D eigenvalue weighted by Crippen LogP contribution is 2.44. The van der Waals surface area contributed by atoms with Gasteiger partial charge in [-0.2, -0.15) is 18.4 Å². The fraction of sp³-hybridized carbons (Fsp3) is 0.360. The van der Waals surface area contributed by atoms with Crippen LogP contribution in [0, 0.1) is 11.3 Å². The Morgan fingerprint density at radius 3 is 2.56 bits per heavy atom. The summed E-state index contributed by atoms with van der Waals surface area (Å²) in [4.78, 5) is 11.6. The van der Waals surface area contributed by atoms with Crippen molar-refractivity contribution < 1.29 is 23.1 Å². The summed E-state index contributed by atoms with van der Waals surface area (Å²) in [6.07, 6.45) is -1.51. The van der Waals surface area contributed by atoms with E-state index in [1.165, 1.54) is 12.1 Å². The molecule has 3 aromatic rings. The van der Waals surface area contributed by atoms with E-state index in [1.807, 2.05) is 13.0 Å². The van der Waals surface area contributed by atoms with Crippen LogP contribution in [-0.2, 0) is 17.4 Å². The zero-order valence-corrected chi connectivity index (χ0v) is 17.6. The van der Waals surface area contributed by atoms with Crippen molar-refractivity contribution in [2.24, 2.45) is 0 Å². The van der Waals surface area contributed by atoms with Gasteiger partial charge < -0.3 is 9.67 Å². The number of benzene rings is 2. The molecule has 0 amide bonds. The molecule has 4 nitrogen and oxygen atoms in total. The van der Waals surface area contributed by atoms with Crippen LogP contribution in [0.25, 0.3) is 10.9 Å². The van der Waals surface area contributed by atoms with Crippen molar-refractivity contribution in [1.82, 2.24) is 4.57 Å². The molecule has 0 spiro atoms. The second-order valence-electron chi connectivity index (χ2n) is 8.28. The van der Waals surface area contributed by atoms with Crippen LogP contribution in [0.4, 0.5) is 13.2 Å². The average molecular weight is 440 g/mol. The van der Waals surface area contributed by atoms with Gasteiger partial charge in [0.05, 0.1) is 35.2 Å². The molecule has 0 saturated carbocycles. The van der Waals surface area contributed by atoms with Gasteiger partial charge in [0.1, 0.15) is 0 Å². The van der Waals surface area contributed by atoms with E-state index in [9.17, 15) is 28.3 Å². The van der Waals surface area contributed by atoms with Crippen LogP contribution in [0.2, 0.25) is 0 Å². The van der Waals surface area contributed by atoms with Crippen molar-refractivity contribution in [3.63, 3.8) is 0 Å². The first kappa shape index (κ1) is 21.9. The van der Waals surface area contributed by atoms with Crippen LogP contribution in [0.1, 0.15) is 72.5 Å². The van der Waals surface area contributed by atoms with Crippen molar-refractivity contribution >= 4 is 16.9 Å². The Hall–Kier alpha value is -3.27. The van der Waals surface area contributed by atoms with Crippen LogP contribution < -0.4 is 0 Å². The summed E-state index contributed by atoms with van der Waals surface area (Å²) in [6.45, 7) is 1.96. The topological polar surface area (TPSA) is 66.0 Å². The number of halogens is 3. The van der Waals surface area contributed by atoms with Crippen molar-refractivity contribution in [2.75, 3.05) is 0 Å². The number of aromatic nitrogens is 1. The van der Waals surface area contributed by atoms with E-state index in [1.54, 1.807) is 12.1 Å². The van der Waals surface area contributed by atoms with E-state index in [2.05, 4.69) is 10.6 Å². The Balaban J connectivity index is 1.96. The molecule has 32 heavy (non-hydrogen) atoms. The maximum atomic E-state index is 13.1. The van der Waals surface area contributed by atoms with E-state index in [4.69, 9.17) is 0 Å². The Morgan fingerprint density at radius 2 is 1.97 bits per heavy atom. The van der Waals surface area contributed by atoms with E-state index in [-0.39, 0.29) is 18.4 Å². The predicted molar refractivity (Wildman–Crippen MR) is 114 cm³/mol. The Labute approximate surface area is 183 Å². The number of carboxylic acids is 1. The summed E-state index contributed by atoms with van der Waals surface area (Å²) in [6, 6.07) is 12.6. The van der Waals surface area contributed by atoms with Gasteiger partial charge in [-0.3, -0.25) is 4.79 Å². The number of carbonyl (C=O) groups is 1. The second kappa shape index (κ2) is 8.34. The lowest BCUT2D eigenvalue weighted by Crippen LogP contribution is -2.20. The molecule has 4 rings (SSSR count). The number of hydrogen-bond acceptors (Lipinski definition) is 2. The molecule has 2 unspecified atom stereocenters. The molecule has 1 N–H and O–H groups in total. The monoisotopic (exact) mass is 440 g/mol. The molecule has 1 aromatic heterocycles. The third-order valence-electron chi connectivity index (χ3n) is 6.40. The molecular weight excluding hydrogens is 417 g/mol. The average Bonchev–Trinajstić information content (AvgIpc) is 3.09. The molecule has 0 bridgehead atoms. The van der Waals surface area contributed by atoms with Gasteiger partial charge in [0, 0.05) is 17.0 Å². The van der Waals surface area contributed by atoms with Gasteiger partial charge in [-0.25, -0.2) is 0 Å². The normalized spacial score (nSPS) is 17.0. The molecule has 1 aliphatic rings. The molecule has 0 aliphatic heterocycles. The Kier molecular flexibility index (Phi) is 5.72.